The Morgan fingerprint density at radius 2 is 1.97 bits per heavy atom. The van der Waals surface area contributed by atoms with Gasteiger partial charge in [-0.15, -0.1) is 0 Å². The molecule has 0 spiro atoms. The van der Waals surface area contributed by atoms with Gasteiger partial charge < -0.3 is 19.0 Å². The van der Waals surface area contributed by atoms with Gasteiger partial charge in [0, 0.05) is 5.56 Å². The van der Waals surface area contributed by atoms with Crippen molar-refractivity contribution in [2.45, 2.75) is 24.6 Å². The van der Waals surface area contributed by atoms with Crippen molar-refractivity contribution in [3.63, 3.8) is 0 Å². The van der Waals surface area contributed by atoms with E-state index in [0.717, 1.165) is 17.7 Å². The van der Waals surface area contributed by atoms with Crippen molar-refractivity contribution in [1.82, 2.24) is 0 Å². The number of carbonyl (C=O) groups excluding carboxylic acids is 1. The number of rotatable bonds is 9. The fourth-order valence-electron chi connectivity index (χ4n) is 3.06. The van der Waals surface area contributed by atoms with Gasteiger partial charge in [-0.2, -0.15) is 14.0 Å². The third-order valence-corrected chi connectivity index (χ3v) is 4.78. The first-order valence-corrected chi connectivity index (χ1v) is 10.7. The minimum Gasteiger partial charge on any atom is -0.503 e. The molecule has 0 saturated carbocycles. The Morgan fingerprint density at radius 1 is 1.26 bits per heavy atom. The SMILES string of the molecule is CO/C=C(/C(=O)OC)c1cccc(C)c1CO/N=C(\C)c1c(C#N)ccc(F)c1OC(F)(F)I. The summed E-state index contributed by atoms with van der Waals surface area (Å²) in [7, 11) is 2.61. The lowest BCUT2D eigenvalue weighted by Gasteiger charge is -2.17. The summed E-state index contributed by atoms with van der Waals surface area (Å²) in [4.78, 5) is 17.6. The lowest BCUT2D eigenvalue weighted by Crippen LogP contribution is -2.18. The Balaban J connectivity index is 2.45. The highest BCUT2D eigenvalue weighted by molar-refractivity contribution is 14.1. The van der Waals surface area contributed by atoms with Crippen molar-refractivity contribution < 1.29 is 37.0 Å². The number of nitriles is 1. The normalized spacial score (nSPS) is 12.1. The molecular formula is C23H20F3IN2O5. The molecule has 0 atom stereocenters. The highest BCUT2D eigenvalue weighted by Crippen LogP contribution is 2.34. The number of benzene rings is 2. The van der Waals surface area contributed by atoms with Gasteiger partial charge in [-0.05, 0) is 37.1 Å². The maximum atomic E-state index is 14.3. The maximum absolute atomic E-state index is 14.3. The standard InChI is InChI=1S/C23H20F3IN2O5/c1-13-6-5-7-16(18(11-31-3)22(30)32-4)17(13)12-33-29-14(2)20-15(10-28)8-9-19(24)21(20)34-23(25,26)27/h5-9,11H,12H2,1-4H3/b18-11+,29-14+. The van der Waals surface area contributed by atoms with E-state index < -0.39 is 21.7 Å². The van der Waals surface area contributed by atoms with E-state index in [0.29, 0.717) is 33.7 Å². The Hall–Kier alpha value is -3.27. The van der Waals surface area contributed by atoms with E-state index in [2.05, 4.69) is 9.89 Å². The number of nitrogens with zero attached hydrogens (tertiary/aromatic N) is 2. The quantitative estimate of drug-likeness (QED) is 0.0735. The van der Waals surface area contributed by atoms with Gasteiger partial charge >= 0.3 is 10.1 Å². The van der Waals surface area contributed by atoms with Gasteiger partial charge in [-0.25, -0.2) is 9.18 Å². The average molecular weight is 588 g/mol. The van der Waals surface area contributed by atoms with Crippen LogP contribution in [0.1, 0.15) is 34.7 Å². The van der Waals surface area contributed by atoms with E-state index in [-0.39, 0.29) is 29.0 Å². The molecule has 0 N–H and O–H groups in total. The second-order valence-electron chi connectivity index (χ2n) is 6.77. The van der Waals surface area contributed by atoms with Crippen LogP contribution in [-0.2, 0) is 25.7 Å². The summed E-state index contributed by atoms with van der Waals surface area (Å²) in [5, 5.41) is 13.3. The maximum Gasteiger partial charge on any atom is 0.451 e. The van der Waals surface area contributed by atoms with Crippen LogP contribution in [0.2, 0.25) is 0 Å². The van der Waals surface area contributed by atoms with Gasteiger partial charge in [0.25, 0.3) is 0 Å². The van der Waals surface area contributed by atoms with Crippen molar-refractivity contribution in [1.29, 1.82) is 5.26 Å². The third-order valence-electron chi connectivity index (χ3n) is 4.56. The molecule has 0 aliphatic rings. The average Bonchev–Trinajstić information content (AvgIpc) is 2.78. The largest absolute Gasteiger partial charge is 0.503 e. The smallest absolute Gasteiger partial charge is 0.451 e. The van der Waals surface area contributed by atoms with Crippen LogP contribution >= 0.6 is 22.6 Å². The molecule has 0 radical (unpaired) electrons. The highest BCUT2D eigenvalue weighted by Gasteiger charge is 2.31. The number of alkyl halides is 3. The molecule has 34 heavy (non-hydrogen) atoms. The molecule has 0 heterocycles. The van der Waals surface area contributed by atoms with Crippen LogP contribution in [0.5, 0.6) is 5.75 Å². The fourth-order valence-corrected chi connectivity index (χ4v) is 3.28. The molecule has 11 heteroatoms. The van der Waals surface area contributed by atoms with Crippen LogP contribution in [0, 0.1) is 24.1 Å². The Labute approximate surface area is 207 Å². The van der Waals surface area contributed by atoms with Gasteiger partial charge in [0.05, 0.1) is 66.0 Å². The minimum absolute atomic E-state index is 0.0672. The van der Waals surface area contributed by atoms with Crippen LogP contribution in [-0.4, -0.2) is 30.0 Å². The molecule has 0 bridgehead atoms. The van der Waals surface area contributed by atoms with E-state index in [1.165, 1.54) is 27.4 Å². The first-order chi connectivity index (χ1) is 16.0. The van der Waals surface area contributed by atoms with Crippen molar-refractivity contribution in [3.8, 4) is 11.8 Å². The van der Waals surface area contributed by atoms with Gasteiger partial charge in [0.1, 0.15) is 12.2 Å². The summed E-state index contributed by atoms with van der Waals surface area (Å²) in [6.45, 7) is 3.00. The van der Waals surface area contributed by atoms with E-state index in [1.54, 1.807) is 31.2 Å². The monoisotopic (exact) mass is 588 g/mol. The third kappa shape index (κ3) is 6.63. The van der Waals surface area contributed by atoms with Gasteiger partial charge in [-0.3, -0.25) is 0 Å². The van der Waals surface area contributed by atoms with Crippen molar-refractivity contribution >= 4 is 39.8 Å². The molecule has 0 aliphatic carbocycles. The Morgan fingerprint density at radius 3 is 2.56 bits per heavy atom. The summed E-state index contributed by atoms with van der Waals surface area (Å²) in [5.74, 6) is -2.54. The number of methoxy groups -OCH3 is 2. The second kappa shape index (κ2) is 11.7. The first kappa shape index (κ1) is 27.0. The van der Waals surface area contributed by atoms with E-state index >= 15 is 0 Å². The molecule has 0 saturated heterocycles. The Bertz CT molecular complexity index is 1170. The first-order valence-electron chi connectivity index (χ1n) is 9.59. The molecule has 0 amide bonds. The molecule has 180 valence electrons. The lowest BCUT2D eigenvalue weighted by molar-refractivity contribution is -0.133. The molecule has 7 nitrogen and oxygen atoms in total. The molecule has 0 aliphatic heterocycles. The van der Waals surface area contributed by atoms with Crippen LogP contribution in [0.25, 0.3) is 5.57 Å². The molecule has 2 aromatic carbocycles. The zero-order valence-corrected chi connectivity index (χ0v) is 20.8. The summed E-state index contributed by atoms with van der Waals surface area (Å²) in [6.07, 6.45) is 1.23. The molecule has 0 aromatic heterocycles. The summed E-state index contributed by atoms with van der Waals surface area (Å²) in [5.41, 5.74) is 1.48. The number of esters is 1. The van der Waals surface area contributed by atoms with Gasteiger partial charge in [-0.1, -0.05) is 23.4 Å². The fraction of sp³-hybridized carbons (Fsp3) is 0.261. The molecule has 0 unspecified atom stereocenters. The summed E-state index contributed by atoms with van der Waals surface area (Å²) < 4.78 is 51.7. The second-order valence-corrected chi connectivity index (χ2v) is 8.02. The van der Waals surface area contributed by atoms with Crippen molar-refractivity contribution in [3.05, 3.63) is 70.2 Å². The van der Waals surface area contributed by atoms with Crippen LogP contribution in [0.3, 0.4) is 0 Å². The zero-order valence-electron chi connectivity index (χ0n) is 18.6. The summed E-state index contributed by atoms with van der Waals surface area (Å²) >= 11 is 0.696. The number of carbonyl (C=O) groups is 1. The van der Waals surface area contributed by atoms with Crippen LogP contribution in [0.4, 0.5) is 13.2 Å². The van der Waals surface area contributed by atoms with E-state index in [1.807, 2.05) is 0 Å². The molecule has 0 fully saturated rings. The summed E-state index contributed by atoms with van der Waals surface area (Å²) in [6, 6.07) is 8.96. The van der Waals surface area contributed by atoms with Crippen molar-refractivity contribution in [2.75, 3.05) is 14.2 Å². The van der Waals surface area contributed by atoms with E-state index in [4.69, 9.17) is 14.3 Å². The number of halogens is 4. The molecular weight excluding hydrogens is 568 g/mol. The zero-order chi connectivity index (χ0) is 25.5. The molecule has 2 rings (SSSR count). The number of aryl methyl sites for hydroxylation is 1. The Kier molecular flexibility index (Phi) is 9.31. The number of hydrogen-bond acceptors (Lipinski definition) is 7. The number of ether oxygens (including phenoxy) is 3. The predicted octanol–water partition coefficient (Wildman–Crippen LogP) is 5.47. The van der Waals surface area contributed by atoms with E-state index in [9.17, 15) is 23.2 Å². The lowest BCUT2D eigenvalue weighted by atomic mass is 9.97. The van der Waals surface area contributed by atoms with Gasteiger partial charge in [0.2, 0.25) is 0 Å². The number of oxime groups is 1. The van der Waals surface area contributed by atoms with Crippen molar-refractivity contribution in [2.24, 2.45) is 5.16 Å². The van der Waals surface area contributed by atoms with Crippen LogP contribution in [0.15, 0.2) is 41.7 Å². The minimum atomic E-state index is -3.73. The highest BCUT2D eigenvalue weighted by atomic mass is 127. The number of hydrogen-bond donors (Lipinski definition) is 0. The van der Waals surface area contributed by atoms with Crippen LogP contribution < -0.4 is 4.74 Å². The van der Waals surface area contributed by atoms with Gasteiger partial charge in [0.15, 0.2) is 11.6 Å². The predicted molar refractivity (Wildman–Crippen MR) is 126 cm³/mol. The molecule has 2 aromatic rings. The topological polar surface area (TPSA) is 90.1 Å².